The predicted molar refractivity (Wildman–Crippen MR) is 107 cm³/mol. The van der Waals surface area contributed by atoms with Gasteiger partial charge in [0.2, 0.25) is 0 Å². The first kappa shape index (κ1) is 18.5. The summed E-state index contributed by atoms with van der Waals surface area (Å²) in [6.45, 7) is 3.10. The van der Waals surface area contributed by atoms with Crippen LogP contribution < -0.4 is 9.47 Å². The van der Waals surface area contributed by atoms with Crippen LogP contribution in [0.2, 0.25) is 0 Å². The van der Waals surface area contributed by atoms with Gasteiger partial charge in [-0.15, -0.1) is 11.3 Å². The summed E-state index contributed by atoms with van der Waals surface area (Å²) in [5.41, 5.74) is 0. The summed E-state index contributed by atoms with van der Waals surface area (Å²) in [6.07, 6.45) is 6.63. The highest BCUT2D eigenvalue weighted by atomic mass is 32.1. The van der Waals surface area contributed by atoms with Gasteiger partial charge in [-0.1, -0.05) is 26.2 Å². The van der Waals surface area contributed by atoms with Gasteiger partial charge in [0, 0.05) is 10.8 Å². The molecule has 1 fully saturated rings. The largest absolute Gasteiger partial charge is 0.490 e. The van der Waals surface area contributed by atoms with E-state index in [9.17, 15) is 8.78 Å². The van der Waals surface area contributed by atoms with Crippen LogP contribution in [-0.4, -0.2) is 13.2 Å². The predicted octanol–water partition coefficient (Wildman–Crippen LogP) is 7.08. The van der Waals surface area contributed by atoms with Crippen molar-refractivity contribution in [2.75, 3.05) is 13.2 Å². The monoisotopic (exact) mass is 390 g/mol. The molecule has 0 radical (unpaired) electrons. The van der Waals surface area contributed by atoms with Gasteiger partial charge < -0.3 is 9.47 Å². The molecule has 1 aliphatic carbocycles. The molecule has 0 spiro atoms. The highest BCUT2D eigenvalue weighted by Gasteiger charge is 2.20. The minimum atomic E-state index is -0.405. The minimum absolute atomic E-state index is 0.237. The molecule has 1 saturated carbocycles. The lowest BCUT2D eigenvalue weighted by Gasteiger charge is -2.12. The lowest BCUT2D eigenvalue weighted by molar-refractivity contribution is 0.243. The molecule has 0 N–H and O–H groups in total. The second kappa shape index (κ2) is 8.01. The Morgan fingerprint density at radius 2 is 1.52 bits per heavy atom. The van der Waals surface area contributed by atoms with Crippen molar-refractivity contribution in [2.24, 2.45) is 5.92 Å². The number of benzene rings is 2. The summed E-state index contributed by atoms with van der Waals surface area (Å²) in [4.78, 5) is 0. The summed E-state index contributed by atoms with van der Waals surface area (Å²) in [5.74, 6) is 0.223. The van der Waals surface area contributed by atoms with Gasteiger partial charge in [0.05, 0.1) is 22.6 Å². The molecule has 3 aromatic rings. The first-order valence-electron chi connectivity index (χ1n) is 9.78. The Balaban J connectivity index is 1.65. The number of thiophene rings is 1. The molecular weight excluding hydrogens is 366 g/mol. The first-order chi connectivity index (χ1) is 13.2. The van der Waals surface area contributed by atoms with E-state index in [1.807, 2.05) is 12.1 Å². The van der Waals surface area contributed by atoms with Gasteiger partial charge in [-0.3, -0.25) is 0 Å². The number of ether oxygens (including phenoxy) is 2. The molecule has 0 amide bonds. The number of unbranched alkanes of at least 4 members (excludes halogenated alkanes) is 1. The van der Waals surface area contributed by atoms with E-state index in [1.54, 1.807) is 12.1 Å². The van der Waals surface area contributed by atoms with E-state index in [2.05, 4.69) is 6.92 Å². The third-order valence-electron chi connectivity index (χ3n) is 5.32. The van der Waals surface area contributed by atoms with Gasteiger partial charge in [0.15, 0.2) is 23.1 Å². The third-order valence-corrected chi connectivity index (χ3v) is 6.53. The van der Waals surface area contributed by atoms with Crippen molar-refractivity contribution in [1.29, 1.82) is 0 Å². The van der Waals surface area contributed by atoms with Crippen LogP contribution in [0.1, 0.15) is 45.4 Å². The molecule has 27 heavy (non-hydrogen) atoms. The van der Waals surface area contributed by atoms with Crippen LogP contribution in [0.25, 0.3) is 20.2 Å². The van der Waals surface area contributed by atoms with E-state index < -0.39 is 5.82 Å². The van der Waals surface area contributed by atoms with E-state index >= 15 is 0 Å². The average molecular weight is 390 g/mol. The number of hydrogen-bond donors (Lipinski definition) is 0. The Kier molecular flexibility index (Phi) is 5.48. The zero-order chi connectivity index (χ0) is 18.8. The van der Waals surface area contributed by atoms with Gasteiger partial charge >= 0.3 is 0 Å². The Bertz CT molecular complexity index is 945. The second-order valence-corrected chi connectivity index (χ2v) is 8.29. The third kappa shape index (κ3) is 3.62. The van der Waals surface area contributed by atoms with Crippen molar-refractivity contribution in [3.63, 3.8) is 0 Å². The fraction of sp³-hybridized carbons (Fsp3) is 0.455. The minimum Gasteiger partial charge on any atom is -0.490 e. The lowest BCUT2D eigenvalue weighted by atomic mass is 10.1. The van der Waals surface area contributed by atoms with Gasteiger partial charge in [-0.05, 0) is 49.4 Å². The number of hydrogen-bond acceptors (Lipinski definition) is 3. The summed E-state index contributed by atoms with van der Waals surface area (Å²) in [5, 5.41) is 1.44. The molecule has 0 saturated heterocycles. The molecule has 144 valence electrons. The maximum absolute atomic E-state index is 15.0. The van der Waals surface area contributed by atoms with Crippen LogP contribution in [-0.2, 0) is 0 Å². The highest BCUT2D eigenvalue weighted by molar-refractivity contribution is 7.25. The average Bonchev–Trinajstić information content (AvgIpc) is 3.31. The van der Waals surface area contributed by atoms with Gasteiger partial charge in [0.25, 0.3) is 0 Å². The molecule has 1 aromatic heterocycles. The van der Waals surface area contributed by atoms with Crippen molar-refractivity contribution < 1.29 is 18.3 Å². The van der Waals surface area contributed by atoms with Crippen LogP contribution in [0.5, 0.6) is 11.5 Å². The van der Waals surface area contributed by atoms with E-state index in [-0.39, 0.29) is 17.3 Å². The van der Waals surface area contributed by atoms with Crippen LogP contribution in [0, 0.1) is 17.6 Å². The molecule has 2 nitrogen and oxygen atoms in total. The van der Waals surface area contributed by atoms with E-state index in [1.165, 1.54) is 12.8 Å². The maximum Gasteiger partial charge on any atom is 0.182 e. The molecule has 0 aliphatic heterocycles. The maximum atomic E-state index is 15.0. The molecule has 5 heteroatoms. The normalized spacial score (nSPS) is 15.1. The summed E-state index contributed by atoms with van der Waals surface area (Å²) < 4.78 is 42.0. The fourth-order valence-electron chi connectivity index (χ4n) is 3.74. The Hall–Kier alpha value is -1.88. The molecule has 4 rings (SSSR count). The zero-order valence-corrected chi connectivity index (χ0v) is 16.3. The van der Waals surface area contributed by atoms with Gasteiger partial charge in [-0.2, -0.15) is 0 Å². The molecule has 1 aliphatic rings. The van der Waals surface area contributed by atoms with Crippen LogP contribution in [0.3, 0.4) is 0 Å². The van der Waals surface area contributed by atoms with Crippen molar-refractivity contribution in [1.82, 2.24) is 0 Å². The topological polar surface area (TPSA) is 18.5 Å². The lowest BCUT2D eigenvalue weighted by Crippen LogP contribution is -2.08. The number of fused-ring (bicyclic) bond motifs is 3. The standard InChI is InChI=1S/C22H24F2O2S/c1-2-3-12-25-17-10-8-15-16-9-11-18(26-13-14-6-4-5-7-14)20(24)22(16)27-21(15)19(17)23/h8-11,14H,2-7,12-13H2,1H3. The van der Waals surface area contributed by atoms with Crippen molar-refractivity contribution >= 4 is 31.5 Å². The van der Waals surface area contributed by atoms with Crippen molar-refractivity contribution in [2.45, 2.75) is 45.4 Å². The molecular formula is C22H24F2O2S. The van der Waals surface area contributed by atoms with Crippen molar-refractivity contribution in [3.8, 4) is 11.5 Å². The Morgan fingerprint density at radius 1 is 0.926 bits per heavy atom. The molecule has 2 aromatic carbocycles. The number of rotatable bonds is 7. The number of halogens is 2. The molecule has 0 atom stereocenters. The first-order valence-corrected chi connectivity index (χ1v) is 10.6. The second-order valence-electron chi connectivity index (χ2n) is 7.27. The SMILES string of the molecule is CCCCOc1ccc2c(sc3c(F)c(OCC4CCCC4)ccc32)c1F. The van der Waals surface area contributed by atoms with Crippen LogP contribution in [0.4, 0.5) is 8.78 Å². The van der Waals surface area contributed by atoms with Crippen LogP contribution in [0.15, 0.2) is 24.3 Å². The van der Waals surface area contributed by atoms with E-state index in [0.717, 1.165) is 47.8 Å². The van der Waals surface area contributed by atoms with Gasteiger partial charge in [-0.25, -0.2) is 8.78 Å². The van der Waals surface area contributed by atoms with Crippen LogP contribution >= 0.6 is 11.3 Å². The summed E-state index contributed by atoms with van der Waals surface area (Å²) >= 11 is 1.13. The van der Waals surface area contributed by atoms with E-state index in [4.69, 9.17) is 9.47 Å². The Morgan fingerprint density at radius 3 is 2.11 bits per heavy atom. The summed E-state index contributed by atoms with van der Waals surface area (Å²) in [7, 11) is 0. The van der Waals surface area contributed by atoms with E-state index in [0.29, 0.717) is 28.5 Å². The Labute approximate surface area is 162 Å². The summed E-state index contributed by atoms with van der Waals surface area (Å²) in [6, 6.07) is 6.96. The highest BCUT2D eigenvalue weighted by Crippen LogP contribution is 2.42. The quantitative estimate of drug-likeness (QED) is 0.401. The molecule has 0 unspecified atom stereocenters. The fourth-order valence-corrected chi connectivity index (χ4v) is 4.90. The van der Waals surface area contributed by atoms with Crippen molar-refractivity contribution in [3.05, 3.63) is 35.9 Å². The zero-order valence-electron chi connectivity index (χ0n) is 15.5. The molecule has 0 bridgehead atoms. The molecule has 1 heterocycles. The van der Waals surface area contributed by atoms with Gasteiger partial charge in [0.1, 0.15) is 0 Å². The smallest absolute Gasteiger partial charge is 0.182 e.